The molecule has 5 nitrogen and oxygen atoms in total. The van der Waals surface area contributed by atoms with Gasteiger partial charge in [-0.15, -0.1) is 0 Å². The van der Waals surface area contributed by atoms with Gasteiger partial charge >= 0.3 is 0 Å². The molecule has 4 aromatic rings. The SMILES string of the molecule is [C-]#[N+]c1ccc2nc(Nc3c(C)cccc3Cl)c3cncn3c2c1. The zero-order valence-corrected chi connectivity index (χ0v) is 13.5. The van der Waals surface area contributed by atoms with Crippen LogP contribution >= 0.6 is 11.6 Å². The molecule has 0 atom stereocenters. The number of hydrogen-bond acceptors (Lipinski definition) is 3. The molecule has 0 amide bonds. The number of rotatable bonds is 2. The lowest BCUT2D eigenvalue weighted by Gasteiger charge is -2.13. The lowest BCUT2D eigenvalue weighted by Crippen LogP contribution is -2.00. The van der Waals surface area contributed by atoms with E-state index in [1.54, 1.807) is 18.6 Å². The van der Waals surface area contributed by atoms with Crippen molar-refractivity contribution >= 4 is 45.3 Å². The smallest absolute Gasteiger partial charge is 0.189 e. The van der Waals surface area contributed by atoms with Crippen LogP contribution in [0.15, 0.2) is 48.9 Å². The van der Waals surface area contributed by atoms with E-state index in [-0.39, 0.29) is 0 Å². The van der Waals surface area contributed by atoms with Gasteiger partial charge in [0.2, 0.25) is 0 Å². The fourth-order valence-electron chi connectivity index (χ4n) is 2.71. The van der Waals surface area contributed by atoms with Gasteiger partial charge in [-0.1, -0.05) is 29.8 Å². The maximum atomic E-state index is 7.18. The number of imidazole rings is 1. The molecule has 6 heteroatoms. The summed E-state index contributed by atoms with van der Waals surface area (Å²) in [5.74, 6) is 0.673. The maximum absolute atomic E-state index is 7.18. The van der Waals surface area contributed by atoms with Crippen molar-refractivity contribution < 1.29 is 0 Å². The highest BCUT2D eigenvalue weighted by Gasteiger charge is 2.12. The minimum absolute atomic E-state index is 0.571. The van der Waals surface area contributed by atoms with Crippen molar-refractivity contribution in [2.24, 2.45) is 0 Å². The Morgan fingerprint density at radius 1 is 1.21 bits per heavy atom. The number of benzene rings is 2. The third kappa shape index (κ3) is 2.25. The first-order chi connectivity index (χ1) is 11.7. The van der Waals surface area contributed by atoms with E-state index in [0.29, 0.717) is 16.5 Å². The Labute approximate surface area is 143 Å². The highest BCUT2D eigenvalue weighted by Crippen LogP contribution is 2.31. The van der Waals surface area contributed by atoms with E-state index in [1.165, 1.54) is 0 Å². The van der Waals surface area contributed by atoms with Crippen molar-refractivity contribution in [3.05, 3.63) is 70.9 Å². The number of aryl methyl sites for hydroxylation is 1. The van der Waals surface area contributed by atoms with E-state index in [0.717, 1.165) is 27.8 Å². The molecule has 0 unspecified atom stereocenters. The first-order valence-corrected chi connectivity index (χ1v) is 7.70. The molecular weight excluding hydrogens is 322 g/mol. The predicted molar refractivity (Wildman–Crippen MR) is 96.2 cm³/mol. The number of nitrogens with zero attached hydrogens (tertiary/aromatic N) is 4. The first-order valence-electron chi connectivity index (χ1n) is 7.33. The molecule has 1 N–H and O–H groups in total. The quantitative estimate of drug-likeness (QED) is 0.517. The third-order valence-corrected chi connectivity index (χ3v) is 4.24. The van der Waals surface area contributed by atoms with Gasteiger partial charge in [-0.2, -0.15) is 0 Å². The molecule has 2 aromatic heterocycles. The van der Waals surface area contributed by atoms with Crippen molar-refractivity contribution in [2.45, 2.75) is 6.92 Å². The number of para-hydroxylation sites is 1. The number of nitrogens with one attached hydrogen (secondary N) is 1. The minimum Gasteiger partial charge on any atom is -0.337 e. The summed E-state index contributed by atoms with van der Waals surface area (Å²) in [7, 11) is 0. The number of hydrogen-bond donors (Lipinski definition) is 1. The Balaban J connectivity index is 1.95. The number of aromatic nitrogens is 3. The number of halogens is 1. The molecule has 4 rings (SSSR count). The Hall–Kier alpha value is -3.10. The van der Waals surface area contributed by atoms with Crippen LogP contribution < -0.4 is 5.32 Å². The van der Waals surface area contributed by atoms with Crippen LogP contribution in [-0.4, -0.2) is 14.4 Å². The maximum Gasteiger partial charge on any atom is 0.189 e. The molecule has 0 spiro atoms. The molecule has 2 heterocycles. The monoisotopic (exact) mass is 333 g/mol. The minimum atomic E-state index is 0.571. The van der Waals surface area contributed by atoms with Crippen LogP contribution in [0.1, 0.15) is 5.56 Å². The van der Waals surface area contributed by atoms with Gasteiger partial charge in [0.1, 0.15) is 5.52 Å². The van der Waals surface area contributed by atoms with Gasteiger partial charge in [0, 0.05) is 0 Å². The summed E-state index contributed by atoms with van der Waals surface area (Å²) in [4.78, 5) is 12.4. The lowest BCUT2D eigenvalue weighted by atomic mass is 10.2. The van der Waals surface area contributed by atoms with E-state index in [1.807, 2.05) is 41.7 Å². The van der Waals surface area contributed by atoms with Crippen molar-refractivity contribution in [2.75, 3.05) is 5.32 Å². The molecule has 0 saturated carbocycles. The highest BCUT2D eigenvalue weighted by molar-refractivity contribution is 6.33. The Morgan fingerprint density at radius 2 is 2.08 bits per heavy atom. The summed E-state index contributed by atoms with van der Waals surface area (Å²) >= 11 is 6.32. The lowest BCUT2D eigenvalue weighted by molar-refractivity contribution is 1.19. The van der Waals surface area contributed by atoms with Gasteiger partial charge in [0.15, 0.2) is 11.5 Å². The van der Waals surface area contributed by atoms with Crippen LogP contribution in [0.5, 0.6) is 0 Å². The summed E-state index contributed by atoms with van der Waals surface area (Å²) in [5.41, 5.74) is 4.88. The van der Waals surface area contributed by atoms with Gasteiger partial charge in [0.25, 0.3) is 0 Å². The summed E-state index contributed by atoms with van der Waals surface area (Å²) in [6, 6.07) is 11.2. The summed E-state index contributed by atoms with van der Waals surface area (Å²) in [6.07, 6.45) is 3.46. The molecule has 0 aliphatic rings. The largest absolute Gasteiger partial charge is 0.337 e. The van der Waals surface area contributed by atoms with Crippen LogP contribution in [0, 0.1) is 13.5 Å². The predicted octanol–water partition coefficient (Wildman–Crippen LogP) is 5.14. The molecule has 2 aromatic carbocycles. The first kappa shape index (κ1) is 14.5. The van der Waals surface area contributed by atoms with E-state index >= 15 is 0 Å². The average molecular weight is 334 g/mol. The van der Waals surface area contributed by atoms with Crippen LogP contribution in [-0.2, 0) is 0 Å². The fraction of sp³-hybridized carbons (Fsp3) is 0.0556. The molecule has 0 aliphatic heterocycles. The number of anilines is 2. The average Bonchev–Trinajstić information content (AvgIpc) is 3.08. The third-order valence-electron chi connectivity index (χ3n) is 3.93. The fourth-order valence-corrected chi connectivity index (χ4v) is 2.98. The van der Waals surface area contributed by atoms with Crippen molar-refractivity contribution in [1.82, 2.24) is 14.4 Å². The van der Waals surface area contributed by atoms with Crippen molar-refractivity contribution in [3.8, 4) is 0 Å². The van der Waals surface area contributed by atoms with Crippen molar-refractivity contribution in [1.29, 1.82) is 0 Å². The second-order valence-electron chi connectivity index (χ2n) is 5.45. The standard InChI is InChI=1S/C18H12ClN5/c1-11-4-3-5-13(19)17(11)23-18-16-9-21-10-24(16)15-8-12(20-2)6-7-14(15)22-18/h3-10H,1H3,(H,22,23). The molecule has 24 heavy (non-hydrogen) atoms. The summed E-state index contributed by atoms with van der Waals surface area (Å²) < 4.78 is 1.92. The molecule has 0 bridgehead atoms. The van der Waals surface area contributed by atoms with Crippen LogP contribution in [0.4, 0.5) is 17.2 Å². The van der Waals surface area contributed by atoms with Crippen LogP contribution in [0.3, 0.4) is 0 Å². The molecule has 116 valence electrons. The molecular formula is C18H12ClN5. The topological polar surface area (TPSA) is 46.6 Å². The Bertz CT molecular complexity index is 1100. The molecule has 0 fully saturated rings. The Morgan fingerprint density at radius 3 is 2.88 bits per heavy atom. The molecule has 0 radical (unpaired) electrons. The molecule has 0 aliphatic carbocycles. The van der Waals surface area contributed by atoms with Gasteiger partial charge < -0.3 is 5.32 Å². The highest BCUT2D eigenvalue weighted by atomic mass is 35.5. The van der Waals surface area contributed by atoms with Crippen LogP contribution in [0.25, 0.3) is 21.4 Å². The normalized spacial score (nSPS) is 10.9. The van der Waals surface area contributed by atoms with Gasteiger partial charge in [-0.25, -0.2) is 14.8 Å². The summed E-state index contributed by atoms with van der Waals surface area (Å²) in [6.45, 7) is 9.17. The zero-order valence-electron chi connectivity index (χ0n) is 12.8. The van der Waals surface area contributed by atoms with Crippen LogP contribution in [0.2, 0.25) is 5.02 Å². The zero-order chi connectivity index (χ0) is 16.7. The Kier molecular flexibility index (Phi) is 3.33. The second-order valence-corrected chi connectivity index (χ2v) is 5.86. The second kappa shape index (κ2) is 5.52. The van der Waals surface area contributed by atoms with E-state index < -0.39 is 0 Å². The number of fused-ring (bicyclic) bond motifs is 3. The van der Waals surface area contributed by atoms with E-state index in [2.05, 4.69) is 15.1 Å². The van der Waals surface area contributed by atoms with E-state index in [9.17, 15) is 0 Å². The van der Waals surface area contributed by atoms with Gasteiger partial charge in [-0.05, 0) is 30.7 Å². The van der Waals surface area contributed by atoms with Crippen molar-refractivity contribution in [3.63, 3.8) is 0 Å². The van der Waals surface area contributed by atoms with Gasteiger partial charge in [-0.3, -0.25) is 4.40 Å². The molecule has 0 saturated heterocycles. The summed E-state index contributed by atoms with van der Waals surface area (Å²) in [5, 5.41) is 3.96. The van der Waals surface area contributed by atoms with E-state index in [4.69, 9.17) is 23.2 Å². The van der Waals surface area contributed by atoms with Gasteiger partial charge in [0.05, 0.1) is 40.8 Å².